The summed E-state index contributed by atoms with van der Waals surface area (Å²) in [5, 5.41) is 3.28. The normalized spacial score (nSPS) is 11.8. The van der Waals surface area contributed by atoms with E-state index in [1.165, 1.54) is 49.7 Å². The Morgan fingerprint density at radius 3 is 2.46 bits per heavy atom. The Bertz CT molecular complexity index is 1060. The number of aromatic nitrogens is 1. The van der Waals surface area contributed by atoms with Gasteiger partial charge < -0.3 is 0 Å². The number of sulfonamides is 1. The zero-order chi connectivity index (χ0) is 18.9. The molecule has 0 saturated carbocycles. The number of hydrogen-bond acceptors (Lipinski definition) is 6. The number of anilines is 1. The van der Waals surface area contributed by atoms with Crippen molar-refractivity contribution in [3.05, 3.63) is 48.0 Å². The molecule has 0 saturated heterocycles. The topological polar surface area (TPSA) is 79.4 Å². The minimum Gasteiger partial charge on any atom is -0.298 e. The Labute approximate surface area is 160 Å². The van der Waals surface area contributed by atoms with Crippen molar-refractivity contribution in [3.8, 4) is 0 Å². The van der Waals surface area contributed by atoms with Gasteiger partial charge in [0.25, 0.3) is 5.91 Å². The van der Waals surface area contributed by atoms with E-state index in [9.17, 15) is 13.2 Å². The monoisotopic (exact) mass is 407 g/mol. The molecule has 0 unspecified atom stereocenters. The Morgan fingerprint density at radius 1 is 1.15 bits per heavy atom. The highest BCUT2D eigenvalue weighted by molar-refractivity contribution is 7.98. The van der Waals surface area contributed by atoms with Crippen molar-refractivity contribution >= 4 is 54.4 Å². The molecular weight excluding hydrogens is 390 g/mol. The largest absolute Gasteiger partial charge is 0.298 e. The number of amides is 1. The quantitative estimate of drug-likeness (QED) is 0.655. The fraction of sp³-hybridized carbons (Fsp3) is 0.176. The van der Waals surface area contributed by atoms with Gasteiger partial charge in [-0.3, -0.25) is 10.1 Å². The third-order valence-corrected chi connectivity index (χ3v) is 7.20. The van der Waals surface area contributed by atoms with E-state index in [0.717, 1.165) is 19.4 Å². The zero-order valence-corrected chi connectivity index (χ0v) is 16.8. The average molecular weight is 408 g/mol. The molecule has 0 atom stereocenters. The maximum Gasteiger partial charge on any atom is 0.257 e. The van der Waals surface area contributed by atoms with Gasteiger partial charge >= 0.3 is 0 Å². The van der Waals surface area contributed by atoms with Gasteiger partial charge in [-0.2, -0.15) is 0 Å². The number of hydrogen-bond donors (Lipinski definition) is 1. The van der Waals surface area contributed by atoms with Gasteiger partial charge in [0.1, 0.15) is 0 Å². The molecule has 1 aromatic heterocycles. The second kappa shape index (κ2) is 7.36. The van der Waals surface area contributed by atoms with Crippen LogP contribution in [-0.2, 0) is 10.0 Å². The molecule has 3 rings (SSSR count). The molecule has 0 aliphatic rings. The lowest BCUT2D eigenvalue weighted by atomic mass is 10.2. The van der Waals surface area contributed by atoms with Crippen LogP contribution in [0.15, 0.2) is 52.3 Å². The molecule has 2 aromatic carbocycles. The predicted molar refractivity (Wildman–Crippen MR) is 107 cm³/mol. The highest BCUT2D eigenvalue weighted by Crippen LogP contribution is 2.29. The Balaban J connectivity index is 1.80. The van der Waals surface area contributed by atoms with Gasteiger partial charge in [-0.1, -0.05) is 11.3 Å². The Morgan fingerprint density at radius 2 is 1.85 bits per heavy atom. The van der Waals surface area contributed by atoms with Crippen LogP contribution < -0.4 is 5.32 Å². The molecule has 136 valence electrons. The number of carbonyl (C=O) groups is 1. The third-order valence-electron chi connectivity index (χ3n) is 3.71. The number of thioether (sulfide) groups is 1. The van der Waals surface area contributed by atoms with E-state index in [0.29, 0.717) is 10.7 Å². The summed E-state index contributed by atoms with van der Waals surface area (Å²) in [5.74, 6) is -0.331. The number of benzene rings is 2. The van der Waals surface area contributed by atoms with E-state index in [1.807, 2.05) is 24.5 Å². The highest BCUT2D eigenvalue weighted by Gasteiger charge is 2.18. The summed E-state index contributed by atoms with van der Waals surface area (Å²) in [5.41, 5.74) is 1.20. The minimum atomic E-state index is -3.51. The van der Waals surface area contributed by atoms with Gasteiger partial charge in [0.15, 0.2) is 5.13 Å². The molecule has 1 amide bonds. The Hall–Kier alpha value is -1.94. The van der Waals surface area contributed by atoms with Crippen molar-refractivity contribution in [2.75, 3.05) is 25.7 Å². The zero-order valence-electron chi connectivity index (χ0n) is 14.4. The van der Waals surface area contributed by atoms with Crippen molar-refractivity contribution in [2.24, 2.45) is 0 Å². The fourth-order valence-corrected chi connectivity index (χ4v) is 4.56. The van der Waals surface area contributed by atoms with Crippen LogP contribution in [-0.4, -0.2) is 44.0 Å². The molecule has 3 aromatic rings. The van der Waals surface area contributed by atoms with Gasteiger partial charge in [0.2, 0.25) is 10.0 Å². The predicted octanol–water partition coefficient (Wildman–Crippen LogP) is 3.52. The molecule has 0 fully saturated rings. The van der Waals surface area contributed by atoms with Crippen LogP contribution in [0.1, 0.15) is 10.4 Å². The molecular formula is C17H17N3O3S3. The van der Waals surface area contributed by atoms with Gasteiger partial charge in [-0.15, -0.1) is 11.8 Å². The number of nitrogens with zero attached hydrogens (tertiary/aromatic N) is 2. The van der Waals surface area contributed by atoms with Crippen LogP contribution in [0, 0.1) is 0 Å². The molecule has 0 radical (unpaired) electrons. The van der Waals surface area contributed by atoms with Gasteiger partial charge in [-0.25, -0.2) is 17.7 Å². The van der Waals surface area contributed by atoms with Gasteiger partial charge in [-0.05, 0) is 48.7 Å². The fourth-order valence-electron chi connectivity index (χ4n) is 2.24. The van der Waals surface area contributed by atoms with Crippen molar-refractivity contribution in [2.45, 2.75) is 9.79 Å². The molecule has 0 bridgehead atoms. The first-order valence-electron chi connectivity index (χ1n) is 7.60. The van der Waals surface area contributed by atoms with Crippen molar-refractivity contribution in [1.29, 1.82) is 0 Å². The van der Waals surface area contributed by atoms with E-state index in [2.05, 4.69) is 10.3 Å². The summed E-state index contributed by atoms with van der Waals surface area (Å²) in [6.07, 6.45) is 2.01. The van der Waals surface area contributed by atoms with Crippen LogP contribution in [0.25, 0.3) is 10.2 Å². The third kappa shape index (κ3) is 3.75. The minimum absolute atomic E-state index is 0.142. The maximum absolute atomic E-state index is 12.4. The number of nitrogens with one attached hydrogen (secondary N) is 1. The molecule has 1 N–H and O–H groups in total. The van der Waals surface area contributed by atoms with Crippen molar-refractivity contribution in [1.82, 2.24) is 9.29 Å². The first kappa shape index (κ1) is 18.8. The number of fused-ring (bicyclic) bond motifs is 1. The number of thiazole rings is 1. The van der Waals surface area contributed by atoms with E-state index in [4.69, 9.17) is 0 Å². The van der Waals surface area contributed by atoms with Crippen LogP contribution in [0.2, 0.25) is 0 Å². The molecule has 9 heteroatoms. The second-order valence-electron chi connectivity index (χ2n) is 5.62. The van der Waals surface area contributed by atoms with Crippen molar-refractivity contribution in [3.63, 3.8) is 0 Å². The van der Waals surface area contributed by atoms with Crippen molar-refractivity contribution < 1.29 is 13.2 Å². The van der Waals surface area contributed by atoms with Gasteiger partial charge in [0.05, 0.1) is 15.1 Å². The molecule has 6 nitrogen and oxygen atoms in total. The molecule has 1 heterocycles. The molecule has 26 heavy (non-hydrogen) atoms. The highest BCUT2D eigenvalue weighted by atomic mass is 32.2. The van der Waals surface area contributed by atoms with Gasteiger partial charge in [0, 0.05) is 24.6 Å². The summed E-state index contributed by atoms with van der Waals surface area (Å²) >= 11 is 3.05. The summed E-state index contributed by atoms with van der Waals surface area (Å²) in [4.78, 5) is 18.1. The van der Waals surface area contributed by atoms with Crippen LogP contribution in [0.5, 0.6) is 0 Å². The maximum atomic E-state index is 12.4. The lowest BCUT2D eigenvalue weighted by molar-refractivity contribution is 0.102. The first-order valence-corrected chi connectivity index (χ1v) is 11.1. The van der Waals surface area contributed by atoms with E-state index in [1.54, 1.807) is 11.8 Å². The van der Waals surface area contributed by atoms with E-state index in [-0.39, 0.29) is 10.8 Å². The second-order valence-corrected chi connectivity index (χ2v) is 9.68. The Kier molecular flexibility index (Phi) is 5.33. The standard InChI is InChI=1S/C17H17N3O3S3/c1-20(2)26(22,23)13-7-4-11(5-8-13)16(21)19-17-18-14-9-6-12(24-3)10-15(14)25-17/h4-10H,1-3H3,(H,18,19,21). The summed E-state index contributed by atoms with van der Waals surface area (Å²) in [7, 11) is -0.585. The molecule has 0 aliphatic carbocycles. The van der Waals surface area contributed by atoms with Crippen LogP contribution >= 0.6 is 23.1 Å². The molecule has 0 aliphatic heterocycles. The number of carbonyl (C=O) groups excluding carboxylic acids is 1. The molecule has 0 spiro atoms. The SMILES string of the molecule is CSc1ccc2nc(NC(=O)c3ccc(S(=O)(=O)N(C)C)cc3)sc2c1. The first-order chi connectivity index (χ1) is 12.3. The van der Waals surface area contributed by atoms with Crippen LogP contribution in [0.3, 0.4) is 0 Å². The average Bonchev–Trinajstić information content (AvgIpc) is 3.02. The number of rotatable bonds is 5. The van der Waals surface area contributed by atoms with Crippen LogP contribution in [0.4, 0.5) is 5.13 Å². The van der Waals surface area contributed by atoms with E-state index >= 15 is 0 Å². The summed E-state index contributed by atoms with van der Waals surface area (Å²) < 4.78 is 26.3. The summed E-state index contributed by atoms with van der Waals surface area (Å²) in [6.45, 7) is 0. The van der Waals surface area contributed by atoms with E-state index < -0.39 is 10.0 Å². The smallest absolute Gasteiger partial charge is 0.257 e. The summed E-state index contributed by atoms with van der Waals surface area (Å²) in [6, 6.07) is 11.8. The lowest BCUT2D eigenvalue weighted by Crippen LogP contribution is -2.22. The lowest BCUT2D eigenvalue weighted by Gasteiger charge is -2.11.